The Kier molecular flexibility index (Phi) is 3.91. The van der Waals surface area contributed by atoms with Gasteiger partial charge in [-0.25, -0.2) is 4.79 Å². The lowest BCUT2D eigenvalue weighted by Crippen LogP contribution is -2.21. The van der Waals surface area contributed by atoms with Gasteiger partial charge in [-0.05, 0) is 24.5 Å². The highest BCUT2D eigenvalue weighted by Gasteiger charge is 2.12. The molecule has 4 heteroatoms. The quantitative estimate of drug-likeness (QED) is 0.757. The molecule has 0 fully saturated rings. The number of carbonyl (C=O) groups excluding carboxylic acids is 1. The smallest absolute Gasteiger partial charge is 0.354 e. The number of ether oxygens (including phenoxy) is 1. The van der Waals surface area contributed by atoms with Crippen molar-refractivity contribution in [2.75, 3.05) is 7.11 Å². The Balaban J connectivity index is 2.81. The molecule has 1 unspecified atom stereocenters. The van der Waals surface area contributed by atoms with Gasteiger partial charge in [-0.1, -0.05) is 6.92 Å². The lowest BCUT2D eigenvalue weighted by atomic mass is 10.1. The molecule has 0 aromatic carbocycles. The van der Waals surface area contributed by atoms with E-state index in [1.165, 1.54) is 7.11 Å². The number of nitrogens with zero attached hydrogens (tertiary/aromatic N) is 1. The van der Waals surface area contributed by atoms with Gasteiger partial charge in [0.25, 0.3) is 0 Å². The second kappa shape index (κ2) is 4.98. The van der Waals surface area contributed by atoms with Crippen molar-refractivity contribution in [2.45, 2.75) is 25.8 Å². The van der Waals surface area contributed by atoms with E-state index in [-0.39, 0.29) is 12.0 Å². The van der Waals surface area contributed by atoms with Crippen molar-refractivity contribution >= 4 is 5.97 Å². The summed E-state index contributed by atoms with van der Waals surface area (Å²) in [5.74, 6) is -0.311. The molecule has 0 bridgehead atoms. The van der Waals surface area contributed by atoms with Crippen LogP contribution in [0.4, 0.5) is 0 Å². The molecule has 0 saturated heterocycles. The normalized spacial score (nSPS) is 12.5. The van der Waals surface area contributed by atoms with Gasteiger partial charge in [-0.3, -0.25) is 0 Å². The average Bonchev–Trinajstić information content (AvgIpc) is 2.58. The predicted molar refractivity (Wildman–Crippen MR) is 58.7 cm³/mol. The van der Waals surface area contributed by atoms with Crippen LogP contribution in [0.15, 0.2) is 12.3 Å². The van der Waals surface area contributed by atoms with Crippen molar-refractivity contribution in [3.05, 3.63) is 23.5 Å². The zero-order chi connectivity index (χ0) is 11.4. The van der Waals surface area contributed by atoms with Crippen LogP contribution in [0.1, 0.15) is 29.4 Å². The first-order chi connectivity index (χ1) is 7.08. The number of hydrogen-bond donors (Lipinski definition) is 1. The van der Waals surface area contributed by atoms with E-state index in [9.17, 15) is 4.79 Å². The Bertz CT molecular complexity index is 344. The molecule has 0 aliphatic rings. The third-order valence-corrected chi connectivity index (χ3v) is 2.48. The minimum absolute atomic E-state index is 0.151. The SMILES string of the molecule is CCC(N)Cc1cc(C(=O)OC)n(C)c1. The molecule has 1 rings (SSSR count). The number of aromatic nitrogens is 1. The summed E-state index contributed by atoms with van der Waals surface area (Å²) in [5.41, 5.74) is 7.49. The summed E-state index contributed by atoms with van der Waals surface area (Å²) in [4.78, 5) is 11.3. The molecular weight excluding hydrogens is 192 g/mol. The van der Waals surface area contributed by atoms with Gasteiger partial charge in [0.2, 0.25) is 0 Å². The lowest BCUT2D eigenvalue weighted by molar-refractivity contribution is 0.0590. The molecule has 4 nitrogen and oxygen atoms in total. The maximum Gasteiger partial charge on any atom is 0.354 e. The van der Waals surface area contributed by atoms with Crippen molar-refractivity contribution < 1.29 is 9.53 Å². The van der Waals surface area contributed by atoms with Gasteiger partial charge >= 0.3 is 5.97 Å². The summed E-state index contributed by atoms with van der Waals surface area (Å²) in [6.45, 7) is 2.05. The maximum absolute atomic E-state index is 11.3. The molecule has 0 spiro atoms. The first kappa shape index (κ1) is 11.8. The zero-order valence-electron chi connectivity index (χ0n) is 9.49. The molecule has 1 aromatic heterocycles. The molecule has 0 amide bonds. The second-order valence-corrected chi connectivity index (χ2v) is 3.71. The molecule has 0 saturated carbocycles. The summed E-state index contributed by atoms with van der Waals surface area (Å²) < 4.78 is 6.44. The number of hydrogen-bond acceptors (Lipinski definition) is 3. The van der Waals surface area contributed by atoms with Crippen molar-refractivity contribution in [1.29, 1.82) is 0 Å². The van der Waals surface area contributed by atoms with Crippen LogP contribution < -0.4 is 5.73 Å². The zero-order valence-corrected chi connectivity index (χ0v) is 9.49. The average molecular weight is 210 g/mol. The van der Waals surface area contributed by atoms with Gasteiger partial charge < -0.3 is 15.0 Å². The number of esters is 1. The number of carbonyl (C=O) groups is 1. The fraction of sp³-hybridized carbons (Fsp3) is 0.545. The van der Waals surface area contributed by atoms with Gasteiger partial charge in [-0.15, -0.1) is 0 Å². The Morgan fingerprint density at radius 1 is 1.67 bits per heavy atom. The highest BCUT2D eigenvalue weighted by molar-refractivity contribution is 5.87. The van der Waals surface area contributed by atoms with Crippen LogP contribution in [0.2, 0.25) is 0 Å². The Labute approximate surface area is 90.0 Å². The standard InChI is InChI=1S/C11H18N2O2/c1-4-9(12)5-8-6-10(11(14)15-3)13(2)7-8/h6-7,9H,4-5,12H2,1-3H3. The van der Waals surface area contributed by atoms with E-state index >= 15 is 0 Å². The summed E-state index contributed by atoms with van der Waals surface area (Å²) in [5, 5.41) is 0. The number of methoxy groups -OCH3 is 1. The molecule has 0 radical (unpaired) electrons. The Hall–Kier alpha value is -1.29. The minimum Gasteiger partial charge on any atom is -0.464 e. The van der Waals surface area contributed by atoms with E-state index in [4.69, 9.17) is 5.73 Å². The van der Waals surface area contributed by atoms with Crippen molar-refractivity contribution in [2.24, 2.45) is 12.8 Å². The third-order valence-electron chi connectivity index (χ3n) is 2.48. The monoisotopic (exact) mass is 210 g/mol. The Morgan fingerprint density at radius 3 is 2.87 bits per heavy atom. The van der Waals surface area contributed by atoms with E-state index < -0.39 is 0 Å². The van der Waals surface area contributed by atoms with Crippen molar-refractivity contribution in [1.82, 2.24) is 4.57 Å². The topological polar surface area (TPSA) is 57.3 Å². The summed E-state index contributed by atoms with van der Waals surface area (Å²) in [7, 11) is 3.21. The Morgan fingerprint density at radius 2 is 2.33 bits per heavy atom. The van der Waals surface area contributed by atoms with E-state index in [0.29, 0.717) is 5.69 Å². The molecular formula is C11H18N2O2. The molecule has 84 valence electrons. The highest BCUT2D eigenvalue weighted by atomic mass is 16.5. The van der Waals surface area contributed by atoms with Gasteiger partial charge in [0.15, 0.2) is 0 Å². The molecule has 0 aliphatic heterocycles. The van der Waals surface area contributed by atoms with E-state index in [1.54, 1.807) is 4.57 Å². The maximum atomic E-state index is 11.3. The summed E-state index contributed by atoms with van der Waals surface area (Å²) in [6, 6.07) is 1.99. The lowest BCUT2D eigenvalue weighted by Gasteiger charge is -2.05. The van der Waals surface area contributed by atoms with Crippen LogP contribution in [0.25, 0.3) is 0 Å². The van der Waals surface area contributed by atoms with E-state index in [2.05, 4.69) is 11.7 Å². The van der Waals surface area contributed by atoms with Crippen LogP contribution >= 0.6 is 0 Å². The van der Waals surface area contributed by atoms with Crippen LogP contribution in [-0.2, 0) is 18.2 Å². The van der Waals surface area contributed by atoms with Crippen LogP contribution in [0, 0.1) is 0 Å². The van der Waals surface area contributed by atoms with E-state index in [0.717, 1.165) is 18.4 Å². The second-order valence-electron chi connectivity index (χ2n) is 3.71. The van der Waals surface area contributed by atoms with Gasteiger partial charge in [0, 0.05) is 19.3 Å². The van der Waals surface area contributed by atoms with Crippen molar-refractivity contribution in [3.63, 3.8) is 0 Å². The molecule has 1 aromatic rings. The van der Waals surface area contributed by atoms with Gasteiger partial charge in [0.1, 0.15) is 5.69 Å². The van der Waals surface area contributed by atoms with Gasteiger partial charge in [0.05, 0.1) is 7.11 Å². The van der Waals surface area contributed by atoms with Crippen LogP contribution in [0.3, 0.4) is 0 Å². The number of aryl methyl sites for hydroxylation is 1. The fourth-order valence-electron chi connectivity index (χ4n) is 1.50. The van der Waals surface area contributed by atoms with Crippen LogP contribution in [-0.4, -0.2) is 23.7 Å². The third kappa shape index (κ3) is 2.83. The van der Waals surface area contributed by atoms with Crippen molar-refractivity contribution in [3.8, 4) is 0 Å². The van der Waals surface area contributed by atoms with Gasteiger partial charge in [-0.2, -0.15) is 0 Å². The predicted octanol–water partition coefficient (Wildman–Crippen LogP) is 1.09. The van der Waals surface area contributed by atoms with Crippen LogP contribution in [0.5, 0.6) is 0 Å². The summed E-state index contributed by atoms with van der Waals surface area (Å²) in [6.07, 6.45) is 3.64. The van der Waals surface area contributed by atoms with E-state index in [1.807, 2.05) is 19.3 Å². The molecule has 1 heterocycles. The number of nitrogens with two attached hydrogens (primary N) is 1. The minimum atomic E-state index is -0.311. The number of rotatable bonds is 4. The molecule has 15 heavy (non-hydrogen) atoms. The molecule has 0 aliphatic carbocycles. The summed E-state index contributed by atoms with van der Waals surface area (Å²) >= 11 is 0. The first-order valence-electron chi connectivity index (χ1n) is 5.07. The highest BCUT2D eigenvalue weighted by Crippen LogP contribution is 2.11. The first-order valence-corrected chi connectivity index (χ1v) is 5.07. The molecule has 2 N–H and O–H groups in total. The molecule has 1 atom stereocenters. The largest absolute Gasteiger partial charge is 0.464 e. The fourth-order valence-corrected chi connectivity index (χ4v) is 1.50.